The van der Waals surface area contributed by atoms with Crippen LogP contribution in [0.2, 0.25) is 5.02 Å². The van der Waals surface area contributed by atoms with Crippen LogP contribution in [0.3, 0.4) is 0 Å². The molecule has 4 nitrogen and oxygen atoms in total. The summed E-state index contributed by atoms with van der Waals surface area (Å²) in [6, 6.07) is 12.2. The Morgan fingerprint density at radius 1 is 1.26 bits per heavy atom. The standard InChI is InChI=1S/C23H21ClF3NO3/c24-18-7-3-5-16(13-18)10-12-22(30)11-4-8-19(15-22)28-21(29)14-17-6-1-2-9-20(17)31-23(25,26)27/h1-3,5-7,9,13,19,30H,4,8,11,14-15H2,(H,28,29). The summed E-state index contributed by atoms with van der Waals surface area (Å²) in [5.41, 5.74) is -0.465. The van der Waals surface area contributed by atoms with Gasteiger partial charge in [0.15, 0.2) is 0 Å². The van der Waals surface area contributed by atoms with Gasteiger partial charge in [0.1, 0.15) is 11.4 Å². The maximum absolute atomic E-state index is 12.6. The summed E-state index contributed by atoms with van der Waals surface area (Å²) in [4.78, 5) is 12.4. The Balaban J connectivity index is 1.63. The lowest BCUT2D eigenvalue weighted by Crippen LogP contribution is -2.45. The van der Waals surface area contributed by atoms with E-state index in [0.717, 1.165) is 0 Å². The van der Waals surface area contributed by atoms with Crippen LogP contribution in [0.25, 0.3) is 0 Å². The van der Waals surface area contributed by atoms with Crippen LogP contribution < -0.4 is 10.1 Å². The van der Waals surface area contributed by atoms with Crippen LogP contribution in [0.5, 0.6) is 5.75 Å². The molecule has 0 aliphatic heterocycles. The molecule has 8 heteroatoms. The molecule has 1 saturated carbocycles. The third kappa shape index (κ3) is 7.20. The summed E-state index contributed by atoms with van der Waals surface area (Å²) in [7, 11) is 0. The van der Waals surface area contributed by atoms with Crippen LogP contribution >= 0.6 is 11.6 Å². The summed E-state index contributed by atoms with van der Waals surface area (Å²) in [6.07, 6.45) is -3.11. The molecule has 0 saturated heterocycles. The minimum absolute atomic E-state index is 0.129. The number of hydrogen-bond donors (Lipinski definition) is 2. The van der Waals surface area contributed by atoms with Crippen molar-refractivity contribution >= 4 is 17.5 Å². The highest BCUT2D eigenvalue weighted by molar-refractivity contribution is 6.30. The number of alkyl halides is 3. The van der Waals surface area contributed by atoms with Crippen molar-refractivity contribution in [1.82, 2.24) is 5.32 Å². The van der Waals surface area contributed by atoms with Crippen molar-refractivity contribution in [2.24, 2.45) is 0 Å². The Morgan fingerprint density at radius 2 is 2.03 bits per heavy atom. The largest absolute Gasteiger partial charge is 0.573 e. The minimum atomic E-state index is -4.84. The zero-order chi connectivity index (χ0) is 22.5. The van der Waals surface area contributed by atoms with E-state index in [2.05, 4.69) is 21.9 Å². The number of carbonyl (C=O) groups excluding carboxylic acids is 1. The van der Waals surface area contributed by atoms with Gasteiger partial charge < -0.3 is 15.2 Å². The molecule has 1 aliphatic rings. The van der Waals surface area contributed by atoms with Gasteiger partial charge in [0.2, 0.25) is 5.91 Å². The predicted octanol–water partition coefficient (Wildman–Crippen LogP) is 4.62. The third-order valence-corrected chi connectivity index (χ3v) is 5.14. The molecule has 1 fully saturated rings. The highest BCUT2D eigenvalue weighted by atomic mass is 35.5. The van der Waals surface area contributed by atoms with E-state index in [1.54, 1.807) is 24.3 Å². The molecule has 1 amide bonds. The molecule has 0 heterocycles. The number of hydrogen-bond acceptors (Lipinski definition) is 3. The van der Waals surface area contributed by atoms with Gasteiger partial charge in [-0.2, -0.15) is 0 Å². The highest BCUT2D eigenvalue weighted by Gasteiger charge is 2.34. The number of halogens is 4. The molecule has 0 spiro atoms. The second-order valence-corrected chi connectivity index (χ2v) is 7.92. The zero-order valence-corrected chi connectivity index (χ0v) is 17.3. The van der Waals surface area contributed by atoms with Gasteiger partial charge in [0.25, 0.3) is 0 Å². The van der Waals surface area contributed by atoms with Crippen molar-refractivity contribution in [3.63, 3.8) is 0 Å². The molecule has 0 bridgehead atoms. The van der Waals surface area contributed by atoms with Gasteiger partial charge >= 0.3 is 6.36 Å². The Labute approximate surface area is 183 Å². The van der Waals surface area contributed by atoms with Crippen molar-refractivity contribution < 1.29 is 27.8 Å². The maximum atomic E-state index is 12.6. The van der Waals surface area contributed by atoms with Crippen molar-refractivity contribution in [3.8, 4) is 17.6 Å². The van der Waals surface area contributed by atoms with Crippen LogP contribution in [-0.2, 0) is 11.2 Å². The van der Waals surface area contributed by atoms with Gasteiger partial charge in [-0.25, -0.2) is 0 Å². The van der Waals surface area contributed by atoms with Crippen LogP contribution in [-0.4, -0.2) is 29.0 Å². The average Bonchev–Trinajstić information content (AvgIpc) is 2.67. The van der Waals surface area contributed by atoms with Crippen LogP contribution in [0.4, 0.5) is 13.2 Å². The monoisotopic (exact) mass is 451 g/mol. The second kappa shape index (κ2) is 9.63. The molecule has 2 atom stereocenters. The first kappa shape index (κ1) is 23.0. The molecule has 2 unspecified atom stereocenters. The fourth-order valence-electron chi connectivity index (χ4n) is 3.57. The normalized spacial score (nSPS) is 21.0. The van der Waals surface area contributed by atoms with Crippen LogP contribution in [0.15, 0.2) is 48.5 Å². The summed E-state index contributed by atoms with van der Waals surface area (Å²) < 4.78 is 41.7. The number of carbonyl (C=O) groups is 1. The summed E-state index contributed by atoms with van der Waals surface area (Å²) >= 11 is 5.95. The Kier molecular flexibility index (Phi) is 7.14. The molecule has 0 aromatic heterocycles. The first-order valence-electron chi connectivity index (χ1n) is 9.76. The number of aliphatic hydroxyl groups is 1. The van der Waals surface area contributed by atoms with Crippen LogP contribution in [0.1, 0.15) is 36.8 Å². The Morgan fingerprint density at radius 3 is 2.77 bits per heavy atom. The van der Waals surface area contributed by atoms with Gasteiger partial charge in [-0.1, -0.05) is 47.7 Å². The lowest BCUT2D eigenvalue weighted by molar-refractivity contribution is -0.274. The average molecular weight is 452 g/mol. The first-order chi connectivity index (χ1) is 14.6. The molecule has 31 heavy (non-hydrogen) atoms. The summed E-state index contributed by atoms with van der Waals surface area (Å²) in [6.45, 7) is 0. The van der Waals surface area contributed by atoms with Gasteiger partial charge in [0, 0.05) is 28.6 Å². The minimum Gasteiger partial charge on any atom is -0.405 e. The molecule has 2 N–H and O–H groups in total. The van der Waals surface area contributed by atoms with Crippen LogP contribution in [0, 0.1) is 11.8 Å². The topological polar surface area (TPSA) is 58.6 Å². The second-order valence-electron chi connectivity index (χ2n) is 7.49. The maximum Gasteiger partial charge on any atom is 0.573 e. The molecular weight excluding hydrogens is 431 g/mol. The van der Waals surface area contributed by atoms with Crippen molar-refractivity contribution in [2.45, 2.75) is 50.1 Å². The van der Waals surface area contributed by atoms with E-state index in [1.807, 2.05) is 0 Å². The van der Waals surface area contributed by atoms with Gasteiger partial charge in [-0.15, -0.1) is 13.2 Å². The van der Waals surface area contributed by atoms with Gasteiger partial charge in [-0.3, -0.25) is 4.79 Å². The molecule has 3 rings (SSSR count). The lowest BCUT2D eigenvalue weighted by Gasteiger charge is -2.33. The zero-order valence-electron chi connectivity index (χ0n) is 16.5. The van der Waals surface area contributed by atoms with E-state index in [9.17, 15) is 23.1 Å². The van der Waals surface area contributed by atoms with Crippen molar-refractivity contribution in [3.05, 3.63) is 64.7 Å². The number of para-hydroxylation sites is 1. The molecular formula is C23H21ClF3NO3. The SMILES string of the molecule is O=C(Cc1ccccc1OC(F)(F)F)NC1CCCC(O)(C#Cc2cccc(Cl)c2)C1. The van der Waals surface area contributed by atoms with Gasteiger partial charge in [0.05, 0.1) is 6.42 Å². The van der Waals surface area contributed by atoms with Crippen molar-refractivity contribution in [2.75, 3.05) is 0 Å². The fraction of sp³-hybridized carbons (Fsp3) is 0.348. The summed E-state index contributed by atoms with van der Waals surface area (Å²) in [5, 5.41) is 14.2. The highest BCUT2D eigenvalue weighted by Crippen LogP contribution is 2.29. The molecule has 1 aliphatic carbocycles. The number of rotatable bonds is 4. The first-order valence-corrected chi connectivity index (χ1v) is 10.1. The van der Waals surface area contributed by atoms with E-state index >= 15 is 0 Å². The number of amides is 1. The molecule has 164 valence electrons. The number of ether oxygens (including phenoxy) is 1. The smallest absolute Gasteiger partial charge is 0.405 e. The van der Waals surface area contributed by atoms with E-state index < -0.39 is 23.6 Å². The lowest BCUT2D eigenvalue weighted by atomic mass is 9.82. The molecule has 0 radical (unpaired) electrons. The number of nitrogens with one attached hydrogen (secondary N) is 1. The summed E-state index contributed by atoms with van der Waals surface area (Å²) in [5.74, 6) is 4.94. The Bertz CT molecular complexity index is 999. The quantitative estimate of drug-likeness (QED) is 0.667. The van der Waals surface area contributed by atoms with Crippen molar-refractivity contribution in [1.29, 1.82) is 0 Å². The molecule has 2 aromatic carbocycles. The van der Waals surface area contributed by atoms with E-state index in [-0.39, 0.29) is 24.4 Å². The van der Waals surface area contributed by atoms with E-state index in [4.69, 9.17) is 11.6 Å². The van der Waals surface area contributed by atoms with E-state index in [1.165, 1.54) is 24.3 Å². The number of benzene rings is 2. The predicted molar refractivity (Wildman–Crippen MR) is 111 cm³/mol. The fourth-order valence-corrected chi connectivity index (χ4v) is 3.76. The van der Waals surface area contributed by atoms with Gasteiger partial charge in [-0.05, 0) is 43.5 Å². The van der Waals surface area contributed by atoms with E-state index in [0.29, 0.717) is 29.8 Å². The third-order valence-electron chi connectivity index (χ3n) is 4.91. The Hall–Kier alpha value is -2.69. The molecule has 2 aromatic rings.